The molecule has 5 aromatic heterocycles. The highest BCUT2D eigenvalue weighted by Crippen LogP contribution is 2.33. The van der Waals surface area contributed by atoms with Crippen LogP contribution in [0, 0.1) is 13.8 Å². The van der Waals surface area contributed by atoms with Gasteiger partial charge in [-0.1, -0.05) is 12.7 Å². The minimum Gasteiger partial charge on any atom is -0.335 e. The Labute approximate surface area is 193 Å². The van der Waals surface area contributed by atoms with Gasteiger partial charge in [0.1, 0.15) is 17.0 Å². The van der Waals surface area contributed by atoms with Crippen LogP contribution in [0.4, 0.5) is 4.39 Å². The quantitative estimate of drug-likeness (QED) is 0.411. The molecule has 0 aliphatic rings. The minimum atomic E-state index is -0.476. The first-order valence-electron chi connectivity index (χ1n) is 10.4. The van der Waals surface area contributed by atoms with Gasteiger partial charge in [0.2, 0.25) is 0 Å². The van der Waals surface area contributed by atoms with E-state index in [1.807, 2.05) is 19.9 Å². The number of rotatable bonds is 4. The van der Waals surface area contributed by atoms with Gasteiger partial charge in [0, 0.05) is 45.0 Å². The molecule has 0 saturated carbocycles. The van der Waals surface area contributed by atoms with Crippen LogP contribution in [0.25, 0.3) is 50.5 Å². The maximum atomic E-state index is 15.9. The summed E-state index contributed by atoms with van der Waals surface area (Å²) in [6.45, 7) is 9.79. The van der Waals surface area contributed by atoms with Gasteiger partial charge in [-0.3, -0.25) is 15.1 Å². The number of thiophene rings is 1. The molecule has 33 heavy (non-hydrogen) atoms. The SMILES string of the molecule is C=C(/C(F)=c1/c(-c2nc3c(-c4ccc(C)s4)cncc3[nH]2)n[nH]/c1=C/C)c1cnccc1C. The van der Waals surface area contributed by atoms with Crippen molar-refractivity contribution in [1.82, 2.24) is 30.1 Å². The molecule has 0 aromatic carbocycles. The van der Waals surface area contributed by atoms with E-state index in [4.69, 9.17) is 4.98 Å². The lowest BCUT2D eigenvalue weighted by molar-refractivity contribution is 0.764. The van der Waals surface area contributed by atoms with E-state index < -0.39 is 5.83 Å². The van der Waals surface area contributed by atoms with Crippen LogP contribution in [0.3, 0.4) is 0 Å². The number of fused-ring (bicyclic) bond motifs is 1. The normalized spacial score (nSPS) is 13.0. The number of aromatic nitrogens is 6. The third-order valence-electron chi connectivity index (χ3n) is 5.56. The third-order valence-corrected chi connectivity index (χ3v) is 6.59. The highest BCUT2D eigenvalue weighted by molar-refractivity contribution is 7.15. The molecule has 0 aliphatic carbocycles. The fourth-order valence-electron chi connectivity index (χ4n) is 3.81. The van der Waals surface area contributed by atoms with E-state index in [0.29, 0.717) is 27.6 Å². The van der Waals surface area contributed by atoms with Gasteiger partial charge in [0.15, 0.2) is 5.82 Å². The highest BCUT2D eigenvalue weighted by Gasteiger charge is 2.19. The monoisotopic (exact) mass is 456 g/mol. The van der Waals surface area contributed by atoms with Gasteiger partial charge in [0.05, 0.1) is 22.3 Å². The summed E-state index contributed by atoms with van der Waals surface area (Å²) >= 11 is 1.68. The van der Waals surface area contributed by atoms with Gasteiger partial charge < -0.3 is 4.98 Å². The lowest BCUT2D eigenvalue weighted by Crippen LogP contribution is -2.26. The zero-order chi connectivity index (χ0) is 23.1. The molecule has 5 rings (SSSR count). The topological polar surface area (TPSA) is 83.1 Å². The van der Waals surface area contributed by atoms with Crippen molar-refractivity contribution in [2.24, 2.45) is 0 Å². The Balaban J connectivity index is 1.73. The molecule has 0 radical (unpaired) electrons. The molecule has 6 nitrogen and oxygen atoms in total. The molecule has 0 unspecified atom stereocenters. The molecule has 8 heteroatoms. The van der Waals surface area contributed by atoms with E-state index in [2.05, 4.69) is 50.8 Å². The maximum absolute atomic E-state index is 15.9. The number of halogens is 1. The van der Waals surface area contributed by atoms with Gasteiger partial charge in [0.25, 0.3) is 0 Å². The van der Waals surface area contributed by atoms with Crippen molar-refractivity contribution < 1.29 is 4.39 Å². The van der Waals surface area contributed by atoms with Crippen molar-refractivity contribution in [3.05, 3.63) is 76.1 Å². The Morgan fingerprint density at radius 2 is 1.97 bits per heavy atom. The van der Waals surface area contributed by atoms with Crippen LogP contribution in [-0.4, -0.2) is 30.1 Å². The zero-order valence-corrected chi connectivity index (χ0v) is 19.2. The molecule has 0 fully saturated rings. The lowest BCUT2D eigenvalue weighted by atomic mass is 10.0. The number of imidazole rings is 1. The standard InChI is InChI=1S/C25H21FN6S/c1-5-18-21(22(26)15(4)16-10-27-9-8-13(16)2)24(32-31-18)25-29-19-12-28-11-17(23(19)30-25)20-7-6-14(3)33-20/h5-12,31H,4H2,1-3H3,(H,29,30)/b18-5+,22-21-. The number of pyridine rings is 2. The fraction of sp³-hybridized carbons (Fsp3) is 0.120. The molecule has 0 amide bonds. The maximum Gasteiger partial charge on any atom is 0.159 e. The van der Waals surface area contributed by atoms with E-state index in [0.717, 1.165) is 27.0 Å². The Bertz CT molecular complexity index is 1640. The van der Waals surface area contributed by atoms with Crippen molar-refractivity contribution in [3.63, 3.8) is 0 Å². The van der Waals surface area contributed by atoms with Crippen molar-refractivity contribution >= 4 is 39.8 Å². The van der Waals surface area contributed by atoms with Crippen LogP contribution < -0.4 is 10.6 Å². The van der Waals surface area contributed by atoms with E-state index in [1.54, 1.807) is 42.2 Å². The van der Waals surface area contributed by atoms with Crippen LogP contribution in [0.5, 0.6) is 0 Å². The number of hydrogen-bond donors (Lipinski definition) is 2. The number of nitrogens with one attached hydrogen (secondary N) is 2. The number of nitrogens with zero attached hydrogens (tertiary/aromatic N) is 4. The Morgan fingerprint density at radius 3 is 2.70 bits per heavy atom. The lowest BCUT2D eigenvalue weighted by Gasteiger charge is -2.06. The second-order valence-electron chi connectivity index (χ2n) is 7.71. The van der Waals surface area contributed by atoms with E-state index in [1.165, 1.54) is 4.88 Å². The van der Waals surface area contributed by atoms with Gasteiger partial charge in [-0.05, 0) is 44.5 Å². The van der Waals surface area contributed by atoms with Gasteiger partial charge in [-0.2, -0.15) is 5.10 Å². The Kier molecular flexibility index (Phi) is 5.22. The fourth-order valence-corrected chi connectivity index (χ4v) is 4.69. The van der Waals surface area contributed by atoms with Crippen molar-refractivity contribution in [2.45, 2.75) is 20.8 Å². The summed E-state index contributed by atoms with van der Waals surface area (Å²) in [6.07, 6.45) is 8.59. The van der Waals surface area contributed by atoms with Crippen LogP contribution in [0.1, 0.15) is 22.9 Å². The average molecular weight is 457 g/mol. The largest absolute Gasteiger partial charge is 0.335 e. The molecule has 0 saturated heterocycles. The number of aromatic amines is 2. The second-order valence-corrected chi connectivity index (χ2v) is 9.00. The van der Waals surface area contributed by atoms with Crippen molar-refractivity contribution in [2.75, 3.05) is 0 Å². The molecule has 0 bridgehead atoms. The predicted molar refractivity (Wildman–Crippen MR) is 131 cm³/mol. The number of H-pyrrole nitrogens is 2. The number of aryl methyl sites for hydroxylation is 2. The van der Waals surface area contributed by atoms with Gasteiger partial charge in [-0.25, -0.2) is 9.37 Å². The summed E-state index contributed by atoms with van der Waals surface area (Å²) in [5.74, 6) is -0.0200. The van der Waals surface area contributed by atoms with Crippen LogP contribution >= 0.6 is 11.3 Å². The Morgan fingerprint density at radius 1 is 1.12 bits per heavy atom. The highest BCUT2D eigenvalue weighted by atomic mass is 32.1. The Hall–Kier alpha value is -3.91. The first-order valence-corrected chi connectivity index (χ1v) is 11.2. The van der Waals surface area contributed by atoms with E-state index >= 15 is 4.39 Å². The molecule has 0 aliphatic heterocycles. The summed E-state index contributed by atoms with van der Waals surface area (Å²) in [7, 11) is 0. The summed E-state index contributed by atoms with van der Waals surface area (Å²) in [6, 6.07) is 5.96. The van der Waals surface area contributed by atoms with Crippen LogP contribution in [0.2, 0.25) is 0 Å². The summed E-state index contributed by atoms with van der Waals surface area (Å²) in [4.78, 5) is 18.8. The summed E-state index contributed by atoms with van der Waals surface area (Å²) < 4.78 is 15.9. The van der Waals surface area contributed by atoms with Gasteiger partial charge in [-0.15, -0.1) is 11.3 Å². The van der Waals surface area contributed by atoms with Gasteiger partial charge >= 0.3 is 0 Å². The average Bonchev–Trinajstić information content (AvgIpc) is 3.55. The third kappa shape index (κ3) is 3.58. The zero-order valence-electron chi connectivity index (χ0n) is 18.4. The van der Waals surface area contributed by atoms with Crippen LogP contribution in [-0.2, 0) is 0 Å². The number of hydrogen-bond acceptors (Lipinski definition) is 5. The molecule has 0 atom stereocenters. The molecular formula is C25H21FN6S. The van der Waals surface area contributed by atoms with Crippen molar-refractivity contribution in [1.29, 1.82) is 0 Å². The minimum absolute atomic E-state index is 0.249. The molecule has 2 N–H and O–H groups in total. The molecule has 0 spiro atoms. The molecule has 5 aromatic rings. The molecule has 164 valence electrons. The first-order chi connectivity index (χ1) is 16.0. The van der Waals surface area contributed by atoms with E-state index in [-0.39, 0.29) is 5.57 Å². The predicted octanol–water partition coefficient (Wildman–Crippen LogP) is 4.68. The summed E-state index contributed by atoms with van der Waals surface area (Å²) in [5, 5.41) is 8.18. The molecule has 5 heterocycles. The number of allylic oxidation sites excluding steroid dienone is 1. The smallest absolute Gasteiger partial charge is 0.159 e. The van der Waals surface area contributed by atoms with Crippen molar-refractivity contribution in [3.8, 4) is 22.0 Å². The van der Waals surface area contributed by atoms with Crippen LogP contribution in [0.15, 0.2) is 49.6 Å². The molecular weight excluding hydrogens is 435 g/mol. The van der Waals surface area contributed by atoms with E-state index in [9.17, 15) is 0 Å². The second kappa shape index (κ2) is 8.22. The first kappa shape index (κ1) is 21.0. The summed E-state index contributed by atoms with van der Waals surface area (Å²) in [5.41, 5.74) is 4.61.